The molecule has 8 N–H and O–H groups in total. The number of anilines is 5. The molecule has 17 nitrogen and oxygen atoms in total. The molecule has 5 amide bonds. The Morgan fingerprint density at radius 1 is 0.254 bits per heavy atom. The molecule has 0 atom stereocenters. The lowest BCUT2D eigenvalue weighted by Gasteiger charge is -2.17. The van der Waals surface area contributed by atoms with Crippen LogP contribution in [0.2, 0.25) is 10.0 Å². The molecule has 134 heavy (non-hydrogen) atoms. The van der Waals surface area contributed by atoms with Gasteiger partial charge in [0.05, 0.1) is 61.2 Å². The van der Waals surface area contributed by atoms with Gasteiger partial charge in [0, 0.05) is 124 Å². The summed E-state index contributed by atoms with van der Waals surface area (Å²) in [5.41, 5.74) is -17.4. The second-order valence-electron chi connectivity index (χ2n) is 28.2. The molecule has 0 aromatic heterocycles. The third-order valence-corrected chi connectivity index (χ3v) is 18.4. The highest BCUT2D eigenvalue weighted by Gasteiger charge is 2.42. The van der Waals surface area contributed by atoms with E-state index in [0.717, 1.165) is 56.3 Å². The van der Waals surface area contributed by atoms with Gasteiger partial charge in [0.25, 0.3) is 59.1 Å². The number of carbonyl (C=O) groups excluding carboxylic acids is 7. The van der Waals surface area contributed by atoms with Crippen LogP contribution in [0.5, 0.6) is 28.7 Å². The summed E-state index contributed by atoms with van der Waals surface area (Å²) in [6.07, 6.45) is -29.4. The van der Waals surface area contributed by atoms with E-state index >= 15 is 0 Å². The van der Waals surface area contributed by atoms with Crippen molar-refractivity contribution in [1.82, 2.24) is 0 Å². The van der Waals surface area contributed by atoms with Crippen LogP contribution in [-0.2, 0) is 76.3 Å². The summed E-state index contributed by atoms with van der Waals surface area (Å²) in [6.45, 7) is 4.30. The van der Waals surface area contributed by atoms with E-state index in [4.69, 9.17) is 32.7 Å². The van der Waals surface area contributed by atoms with Crippen molar-refractivity contribution >= 4 is 125 Å². The van der Waals surface area contributed by atoms with E-state index in [-0.39, 0.29) is 55.9 Å². The molecule has 0 spiro atoms. The standard InChI is InChI=1S/C18H13BrF5NO3.C18H13ClF5NO3.C17H11F8NO2.C16H11BrF5NO2.C16H11ClF5NO2/c2*1-9(26)28-15-4-3-12(19)8-14(15)16(27)25-13-6-10(17(2,20)21)5-11(7-13)18(22,23)24;1-15(18,19)9-4-10(17(23,24)25)6-11(5-9)26-14(28)12-7-8(16(20,21)22)2-3-13(12)27;2*1-15(18,19)8-4-9(16(20,21)22)6-11(5-8)23-14(25)12-7-10(17)2-3-13(12)24/h2*3-8H,1-2H3,(H,25,27);2-7,27H,1H3,(H,26,28);2*2-7,24H,1H3,(H,23,25). The van der Waals surface area contributed by atoms with Gasteiger partial charge >= 0.3 is 49.0 Å². The van der Waals surface area contributed by atoms with Crippen LogP contribution in [0.4, 0.5) is 151 Å². The Kier molecular flexibility index (Phi) is 34.8. The molecule has 0 aliphatic carbocycles. The van der Waals surface area contributed by atoms with Crippen molar-refractivity contribution in [1.29, 1.82) is 0 Å². The average molecular weight is 2110 g/mol. The van der Waals surface area contributed by atoms with E-state index in [2.05, 4.69) is 53.1 Å². The van der Waals surface area contributed by atoms with Crippen molar-refractivity contribution in [2.45, 2.75) is 115 Å². The fourth-order valence-corrected chi connectivity index (χ4v) is 11.8. The predicted molar refractivity (Wildman–Crippen MR) is 435 cm³/mol. The van der Waals surface area contributed by atoms with E-state index in [1.54, 1.807) is 5.32 Å². The minimum atomic E-state index is -5.01. The molecule has 10 aromatic carbocycles. The first-order valence-corrected chi connectivity index (χ1v) is 38.7. The third kappa shape index (κ3) is 32.7. The highest BCUT2D eigenvalue weighted by molar-refractivity contribution is 9.10. The number of esters is 2. The Bertz CT molecular complexity index is 5610. The molecule has 720 valence electrons. The fraction of sp³-hybridized carbons (Fsp3) is 0.212. The van der Waals surface area contributed by atoms with Gasteiger partial charge in [-0.25, -0.2) is 43.9 Å². The molecule has 0 unspecified atom stereocenters. The van der Waals surface area contributed by atoms with E-state index in [0.29, 0.717) is 116 Å². The van der Waals surface area contributed by atoms with Crippen LogP contribution in [0.25, 0.3) is 0 Å². The zero-order valence-electron chi connectivity index (χ0n) is 67.9. The zero-order chi connectivity index (χ0) is 102. The molecular weight excluding hydrogens is 2050 g/mol. The van der Waals surface area contributed by atoms with Gasteiger partial charge in [0.1, 0.15) is 28.7 Å². The molecule has 10 aromatic rings. The molecule has 10 rings (SSSR count). The normalized spacial score (nSPS) is 12.1. The molecular formula is C85H59Br2Cl2F28N5O12. The lowest BCUT2D eigenvalue weighted by molar-refractivity contribution is -0.138. The molecule has 0 aliphatic rings. The first kappa shape index (κ1) is 110. The molecule has 0 radical (unpaired) electrons. The minimum absolute atomic E-state index is 0.0888. The molecule has 49 heteroatoms. The Hall–Kier alpha value is -12.5. The third-order valence-electron chi connectivity index (χ3n) is 17.0. The van der Waals surface area contributed by atoms with Crippen molar-refractivity contribution in [2.75, 3.05) is 26.6 Å². The summed E-state index contributed by atoms with van der Waals surface area (Å²) in [7, 11) is 0. The summed E-state index contributed by atoms with van der Waals surface area (Å²) in [4.78, 5) is 83.7. The Labute approximate surface area is 763 Å². The molecule has 0 saturated carbocycles. The Morgan fingerprint density at radius 2 is 0.448 bits per heavy atom. The van der Waals surface area contributed by atoms with Crippen LogP contribution in [0.3, 0.4) is 0 Å². The highest BCUT2D eigenvalue weighted by Crippen LogP contribution is 2.45. The molecule has 0 bridgehead atoms. The van der Waals surface area contributed by atoms with Crippen molar-refractivity contribution in [3.05, 3.63) is 290 Å². The van der Waals surface area contributed by atoms with E-state index in [9.17, 15) is 172 Å². The monoisotopic (exact) mass is 2100 g/mol. The van der Waals surface area contributed by atoms with E-state index < -0.39 is 221 Å². The van der Waals surface area contributed by atoms with Crippen LogP contribution in [0.1, 0.15) is 161 Å². The second kappa shape index (κ2) is 42.4. The lowest BCUT2D eigenvalue weighted by Crippen LogP contribution is -2.17. The van der Waals surface area contributed by atoms with Gasteiger partial charge in [-0.15, -0.1) is 0 Å². The average Bonchev–Trinajstić information content (AvgIpc) is 0.804. The number of phenolic OH excluding ortho intramolecular Hbond substituents is 3. The van der Waals surface area contributed by atoms with E-state index in [1.807, 2.05) is 0 Å². The SMILES string of the molecule is CC(=O)Oc1ccc(Br)cc1C(=O)Nc1cc(C(C)(F)F)cc(C(F)(F)F)c1.CC(=O)Oc1ccc(Cl)cc1C(=O)Nc1cc(C(C)(F)F)cc(C(F)(F)F)c1.CC(F)(F)c1cc(NC(=O)c2cc(Br)ccc2O)cc(C(F)(F)F)c1.CC(F)(F)c1cc(NC(=O)c2cc(C(F)(F)F)ccc2O)cc(C(F)(F)F)c1.CC(F)(F)c1cc(NC(=O)c2cc(Cl)ccc2O)cc(C(F)(F)F)c1. The number of aromatic hydroxyl groups is 3. The predicted octanol–water partition coefficient (Wildman–Crippen LogP) is 28.2. The largest absolute Gasteiger partial charge is 0.507 e. The molecule has 0 aliphatic heterocycles. The second-order valence-corrected chi connectivity index (χ2v) is 30.9. The van der Waals surface area contributed by atoms with Crippen LogP contribution in [0, 0.1) is 0 Å². The summed E-state index contributed by atoms with van der Waals surface area (Å²) in [6, 6.07) is 23.9. The summed E-state index contributed by atoms with van der Waals surface area (Å²) >= 11 is 17.7. The maximum Gasteiger partial charge on any atom is 0.416 e. The number of carbonyl (C=O) groups is 7. The first-order valence-electron chi connectivity index (χ1n) is 36.3. The lowest BCUT2D eigenvalue weighted by atomic mass is 10.0. The number of rotatable bonds is 17. The smallest absolute Gasteiger partial charge is 0.416 e. The van der Waals surface area contributed by atoms with Crippen LogP contribution < -0.4 is 36.1 Å². The maximum atomic E-state index is 13.6. The number of ether oxygens (including phenoxy) is 2. The number of halogens is 32. The molecule has 0 heterocycles. The summed E-state index contributed by atoms with van der Waals surface area (Å²) < 4.78 is 378. The number of phenols is 3. The summed E-state index contributed by atoms with van der Waals surface area (Å²) in [5.74, 6) is -26.7. The van der Waals surface area contributed by atoms with Gasteiger partial charge in [0.15, 0.2) is 0 Å². The highest BCUT2D eigenvalue weighted by atomic mass is 79.9. The number of amides is 5. The van der Waals surface area contributed by atoms with Gasteiger partial charge in [-0.05, 0) is 182 Å². The van der Waals surface area contributed by atoms with Gasteiger partial charge in [-0.1, -0.05) is 55.1 Å². The maximum absolute atomic E-state index is 13.6. The Balaban J connectivity index is 0.000000258. The summed E-state index contributed by atoms with van der Waals surface area (Å²) in [5, 5.41) is 39.3. The van der Waals surface area contributed by atoms with Gasteiger partial charge < -0.3 is 51.4 Å². The molecule has 0 fully saturated rings. The van der Waals surface area contributed by atoms with Gasteiger partial charge in [-0.3, -0.25) is 33.6 Å². The number of benzene rings is 10. The Morgan fingerprint density at radius 3 is 0.709 bits per heavy atom. The fourth-order valence-electron chi connectivity index (χ4n) is 10.7. The zero-order valence-corrected chi connectivity index (χ0v) is 72.6. The number of alkyl halides is 28. The van der Waals surface area contributed by atoms with Crippen LogP contribution >= 0.6 is 55.1 Å². The number of nitrogens with one attached hydrogen (secondary N) is 5. The van der Waals surface area contributed by atoms with Crippen molar-refractivity contribution < 1.29 is 181 Å². The van der Waals surface area contributed by atoms with E-state index in [1.165, 1.54) is 54.6 Å². The minimum Gasteiger partial charge on any atom is -0.507 e. The van der Waals surface area contributed by atoms with Crippen LogP contribution in [-0.4, -0.2) is 56.8 Å². The van der Waals surface area contributed by atoms with Crippen LogP contribution in [0.15, 0.2) is 191 Å². The number of hydrogen-bond donors (Lipinski definition) is 8. The topological polar surface area (TPSA) is 259 Å². The van der Waals surface area contributed by atoms with Gasteiger partial charge in [-0.2, -0.15) is 79.0 Å². The molecule has 0 saturated heterocycles. The van der Waals surface area contributed by atoms with Gasteiger partial charge in [0.2, 0.25) is 0 Å². The number of hydrogen-bond acceptors (Lipinski definition) is 12. The first-order chi connectivity index (χ1) is 60.9. The quantitative estimate of drug-likeness (QED) is 0.0241. The van der Waals surface area contributed by atoms with Crippen molar-refractivity contribution in [3.8, 4) is 28.7 Å². The van der Waals surface area contributed by atoms with Crippen molar-refractivity contribution in [3.63, 3.8) is 0 Å². The van der Waals surface area contributed by atoms with Crippen molar-refractivity contribution in [2.24, 2.45) is 0 Å².